The molecule has 0 unspecified atom stereocenters. The molecule has 3 aromatic carbocycles. The summed E-state index contributed by atoms with van der Waals surface area (Å²) in [6.07, 6.45) is 12.9. The van der Waals surface area contributed by atoms with Gasteiger partial charge in [0.05, 0.1) is 18.8 Å². The SMILES string of the molecule is CCCCCCCCOc1ccc(-c2ccc(C(=O)Oc3ccc(OCCCCCCC)cc3)cc2)cc1F. The first kappa shape index (κ1) is 30.2. The third-order valence-corrected chi connectivity index (χ3v) is 6.69. The third-order valence-electron chi connectivity index (χ3n) is 6.69. The fourth-order valence-electron chi connectivity index (χ4n) is 4.33. The van der Waals surface area contributed by atoms with Crippen molar-refractivity contribution in [3.05, 3.63) is 78.1 Å². The lowest BCUT2D eigenvalue weighted by Gasteiger charge is -2.10. The van der Waals surface area contributed by atoms with Crippen LogP contribution in [0.25, 0.3) is 11.1 Å². The van der Waals surface area contributed by atoms with Crippen LogP contribution in [0.1, 0.15) is 94.8 Å². The van der Waals surface area contributed by atoms with Gasteiger partial charge in [0.15, 0.2) is 11.6 Å². The van der Waals surface area contributed by atoms with E-state index in [-0.39, 0.29) is 11.6 Å². The van der Waals surface area contributed by atoms with Crippen molar-refractivity contribution >= 4 is 5.97 Å². The molecule has 0 aromatic heterocycles. The summed E-state index contributed by atoms with van der Waals surface area (Å²) in [5.41, 5.74) is 1.95. The minimum atomic E-state index is -0.448. The molecule has 0 saturated carbocycles. The minimum Gasteiger partial charge on any atom is -0.494 e. The molecule has 0 aliphatic heterocycles. The van der Waals surface area contributed by atoms with Gasteiger partial charge in [0.2, 0.25) is 0 Å². The summed E-state index contributed by atoms with van der Waals surface area (Å²) in [7, 11) is 0. The maximum absolute atomic E-state index is 14.6. The van der Waals surface area contributed by atoms with Crippen LogP contribution in [-0.2, 0) is 0 Å². The molecule has 210 valence electrons. The van der Waals surface area contributed by atoms with Crippen LogP contribution in [0.5, 0.6) is 17.2 Å². The lowest BCUT2D eigenvalue weighted by atomic mass is 10.0. The molecular weight excluding hydrogens is 491 g/mol. The van der Waals surface area contributed by atoms with E-state index in [1.807, 2.05) is 18.2 Å². The molecule has 0 heterocycles. The fourth-order valence-corrected chi connectivity index (χ4v) is 4.33. The Morgan fingerprint density at radius 1 is 0.615 bits per heavy atom. The van der Waals surface area contributed by atoms with Crippen molar-refractivity contribution in [3.63, 3.8) is 0 Å². The second kappa shape index (κ2) is 17.3. The van der Waals surface area contributed by atoms with Crippen molar-refractivity contribution in [2.24, 2.45) is 0 Å². The highest BCUT2D eigenvalue weighted by molar-refractivity contribution is 5.91. The molecule has 39 heavy (non-hydrogen) atoms. The van der Waals surface area contributed by atoms with Gasteiger partial charge in [-0.15, -0.1) is 0 Å². The number of halogens is 1. The Balaban J connectivity index is 1.45. The Morgan fingerprint density at radius 3 is 1.77 bits per heavy atom. The lowest BCUT2D eigenvalue weighted by Crippen LogP contribution is -2.08. The zero-order valence-electron chi connectivity index (χ0n) is 23.6. The topological polar surface area (TPSA) is 44.8 Å². The second-order valence-corrected chi connectivity index (χ2v) is 9.96. The van der Waals surface area contributed by atoms with Crippen molar-refractivity contribution in [3.8, 4) is 28.4 Å². The van der Waals surface area contributed by atoms with E-state index in [0.29, 0.717) is 24.5 Å². The summed E-state index contributed by atoms with van der Waals surface area (Å²) in [6, 6.07) is 19.0. The zero-order chi connectivity index (χ0) is 27.7. The zero-order valence-corrected chi connectivity index (χ0v) is 23.6. The Kier molecular flexibility index (Phi) is 13.4. The smallest absolute Gasteiger partial charge is 0.343 e. The first-order valence-corrected chi connectivity index (χ1v) is 14.6. The summed E-state index contributed by atoms with van der Waals surface area (Å²) < 4.78 is 31.5. The second-order valence-electron chi connectivity index (χ2n) is 9.96. The Morgan fingerprint density at radius 2 is 1.15 bits per heavy atom. The molecule has 0 aliphatic rings. The summed E-state index contributed by atoms with van der Waals surface area (Å²) in [5, 5.41) is 0. The molecule has 0 atom stereocenters. The van der Waals surface area contributed by atoms with Gasteiger partial charge in [0.1, 0.15) is 11.5 Å². The van der Waals surface area contributed by atoms with Gasteiger partial charge in [0.25, 0.3) is 0 Å². The van der Waals surface area contributed by atoms with Gasteiger partial charge in [-0.3, -0.25) is 0 Å². The molecule has 0 saturated heterocycles. The highest BCUT2D eigenvalue weighted by Gasteiger charge is 2.11. The van der Waals surface area contributed by atoms with Gasteiger partial charge in [-0.2, -0.15) is 0 Å². The summed E-state index contributed by atoms with van der Waals surface area (Å²) >= 11 is 0. The molecule has 0 N–H and O–H groups in total. The van der Waals surface area contributed by atoms with Crippen LogP contribution >= 0.6 is 0 Å². The van der Waals surface area contributed by atoms with Crippen LogP contribution in [0.2, 0.25) is 0 Å². The van der Waals surface area contributed by atoms with E-state index < -0.39 is 5.97 Å². The maximum atomic E-state index is 14.6. The number of rotatable bonds is 18. The predicted molar refractivity (Wildman–Crippen MR) is 156 cm³/mol. The maximum Gasteiger partial charge on any atom is 0.343 e. The first-order valence-electron chi connectivity index (χ1n) is 14.6. The third kappa shape index (κ3) is 10.7. The van der Waals surface area contributed by atoms with Crippen molar-refractivity contribution in [1.82, 2.24) is 0 Å². The van der Waals surface area contributed by atoms with Gasteiger partial charge in [-0.05, 0) is 72.5 Å². The summed E-state index contributed by atoms with van der Waals surface area (Å²) in [4.78, 5) is 12.6. The van der Waals surface area contributed by atoms with E-state index in [0.717, 1.165) is 36.1 Å². The van der Waals surface area contributed by atoms with Crippen LogP contribution in [0.15, 0.2) is 66.7 Å². The Bertz CT molecular complexity index is 1110. The van der Waals surface area contributed by atoms with E-state index in [9.17, 15) is 9.18 Å². The predicted octanol–water partition coefficient (Wildman–Crippen LogP) is 9.80. The standard InChI is InChI=1S/C34H43FO4/c1-3-5-7-9-11-13-25-38-33-23-18-29(26-32(33)35)27-14-16-28(17-15-27)34(36)39-31-21-19-30(20-22-31)37-24-12-10-8-6-4-2/h14-23,26H,3-13,24-25H2,1-2H3. The van der Waals surface area contributed by atoms with Crippen LogP contribution < -0.4 is 14.2 Å². The Hall–Kier alpha value is -3.34. The van der Waals surface area contributed by atoms with Crippen molar-refractivity contribution in [2.75, 3.05) is 13.2 Å². The molecule has 0 fully saturated rings. The molecule has 0 bridgehead atoms. The molecule has 0 amide bonds. The van der Waals surface area contributed by atoms with E-state index in [4.69, 9.17) is 14.2 Å². The number of esters is 1. The largest absolute Gasteiger partial charge is 0.494 e. The highest BCUT2D eigenvalue weighted by atomic mass is 19.1. The average Bonchev–Trinajstić information content (AvgIpc) is 2.96. The normalized spacial score (nSPS) is 10.8. The van der Waals surface area contributed by atoms with Gasteiger partial charge in [0, 0.05) is 0 Å². The molecule has 5 heteroatoms. The van der Waals surface area contributed by atoms with Gasteiger partial charge in [-0.1, -0.05) is 89.8 Å². The van der Waals surface area contributed by atoms with Crippen LogP contribution in [0.4, 0.5) is 4.39 Å². The van der Waals surface area contributed by atoms with Crippen LogP contribution in [0, 0.1) is 5.82 Å². The summed E-state index contributed by atoms with van der Waals surface area (Å²) in [5.74, 6) is 0.663. The highest BCUT2D eigenvalue weighted by Crippen LogP contribution is 2.27. The average molecular weight is 535 g/mol. The van der Waals surface area contributed by atoms with Crippen molar-refractivity contribution in [2.45, 2.75) is 84.5 Å². The van der Waals surface area contributed by atoms with Gasteiger partial charge in [-0.25, -0.2) is 9.18 Å². The van der Waals surface area contributed by atoms with Crippen molar-refractivity contribution < 1.29 is 23.4 Å². The molecule has 4 nitrogen and oxygen atoms in total. The van der Waals surface area contributed by atoms with E-state index >= 15 is 0 Å². The fraction of sp³-hybridized carbons (Fsp3) is 0.441. The number of carbonyl (C=O) groups excluding carboxylic acids is 1. The number of ether oxygens (including phenoxy) is 3. The molecule has 0 aliphatic carbocycles. The Labute approximate surface area is 233 Å². The monoisotopic (exact) mass is 534 g/mol. The number of benzene rings is 3. The lowest BCUT2D eigenvalue weighted by molar-refractivity contribution is 0.0734. The number of carbonyl (C=O) groups is 1. The number of hydrogen-bond donors (Lipinski definition) is 0. The van der Waals surface area contributed by atoms with Crippen molar-refractivity contribution in [1.29, 1.82) is 0 Å². The molecule has 0 radical (unpaired) electrons. The molecule has 0 spiro atoms. The van der Waals surface area contributed by atoms with Crippen LogP contribution in [-0.4, -0.2) is 19.2 Å². The van der Waals surface area contributed by atoms with Crippen LogP contribution in [0.3, 0.4) is 0 Å². The molecule has 3 rings (SSSR count). The molecular formula is C34H43FO4. The molecule has 3 aromatic rings. The quantitative estimate of drug-likeness (QED) is 0.0925. The van der Waals surface area contributed by atoms with E-state index in [1.165, 1.54) is 57.4 Å². The first-order chi connectivity index (χ1) is 19.1. The van der Waals surface area contributed by atoms with E-state index in [1.54, 1.807) is 42.5 Å². The van der Waals surface area contributed by atoms with Gasteiger partial charge >= 0.3 is 5.97 Å². The number of unbranched alkanes of at least 4 members (excludes halogenated alkanes) is 9. The van der Waals surface area contributed by atoms with Gasteiger partial charge < -0.3 is 14.2 Å². The minimum absolute atomic E-state index is 0.274. The van der Waals surface area contributed by atoms with E-state index in [2.05, 4.69) is 13.8 Å². The number of hydrogen-bond acceptors (Lipinski definition) is 4. The summed E-state index contributed by atoms with van der Waals surface area (Å²) in [6.45, 7) is 5.61.